The fourth-order valence-electron chi connectivity index (χ4n) is 3.67. The average Bonchev–Trinajstić information content (AvgIpc) is 2.96. The maximum absolute atomic E-state index is 3.55. The van der Waals surface area contributed by atoms with Gasteiger partial charge in [-0.1, -0.05) is 40.9 Å². The first kappa shape index (κ1) is 13.6. The van der Waals surface area contributed by atoms with E-state index in [1.54, 1.807) is 0 Å². The van der Waals surface area contributed by atoms with E-state index in [4.69, 9.17) is 0 Å². The fourth-order valence-corrected chi connectivity index (χ4v) is 3.94. The Morgan fingerprint density at radius 1 is 1.05 bits per heavy atom. The zero-order valence-electron chi connectivity index (χ0n) is 11.4. The molecular formula is C16H23BrN2. The second-order valence-electron chi connectivity index (χ2n) is 5.83. The van der Waals surface area contributed by atoms with E-state index in [9.17, 15) is 0 Å². The maximum atomic E-state index is 3.55. The van der Waals surface area contributed by atoms with Gasteiger partial charge >= 0.3 is 0 Å². The minimum atomic E-state index is 0.637. The molecule has 0 unspecified atom stereocenters. The summed E-state index contributed by atoms with van der Waals surface area (Å²) in [4.78, 5) is 2.70. The summed E-state index contributed by atoms with van der Waals surface area (Å²) < 4.78 is 1.18. The Morgan fingerprint density at radius 3 is 2.32 bits per heavy atom. The third kappa shape index (κ3) is 3.21. The van der Waals surface area contributed by atoms with Gasteiger partial charge in [0.2, 0.25) is 0 Å². The normalized spacial score (nSPS) is 23.6. The van der Waals surface area contributed by atoms with Crippen molar-refractivity contribution in [1.29, 1.82) is 0 Å². The Hall–Kier alpha value is -0.380. The molecule has 1 atom stereocenters. The van der Waals surface area contributed by atoms with Crippen molar-refractivity contribution < 1.29 is 0 Å². The van der Waals surface area contributed by atoms with Gasteiger partial charge in [-0.15, -0.1) is 0 Å². The number of benzene rings is 1. The van der Waals surface area contributed by atoms with Crippen LogP contribution in [0.5, 0.6) is 0 Å². The minimum Gasteiger partial charge on any atom is -0.314 e. The van der Waals surface area contributed by atoms with Gasteiger partial charge in [-0.2, -0.15) is 0 Å². The second kappa shape index (κ2) is 6.38. The zero-order chi connectivity index (χ0) is 13.1. The maximum Gasteiger partial charge on any atom is 0.0377 e. The summed E-state index contributed by atoms with van der Waals surface area (Å²) in [5.41, 5.74) is 1.51. The zero-order valence-corrected chi connectivity index (χ0v) is 13.0. The van der Waals surface area contributed by atoms with E-state index < -0.39 is 0 Å². The first-order valence-electron chi connectivity index (χ1n) is 7.55. The molecule has 0 amide bonds. The molecule has 2 aliphatic rings. The summed E-state index contributed by atoms with van der Waals surface area (Å²) in [5, 5.41) is 3.47. The predicted molar refractivity (Wildman–Crippen MR) is 83.3 cm³/mol. The summed E-state index contributed by atoms with van der Waals surface area (Å²) in [6, 6.07) is 9.65. The van der Waals surface area contributed by atoms with Crippen LogP contribution in [0.4, 0.5) is 0 Å². The fraction of sp³-hybridized carbons (Fsp3) is 0.625. The first-order chi connectivity index (χ1) is 9.34. The molecule has 1 saturated carbocycles. The lowest BCUT2D eigenvalue weighted by atomic mass is 9.90. The van der Waals surface area contributed by atoms with Crippen molar-refractivity contribution in [3.8, 4) is 0 Å². The van der Waals surface area contributed by atoms with Crippen molar-refractivity contribution >= 4 is 15.9 Å². The molecular weight excluding hydrogens is 300 g/mol. The van der Waals surface area contributed by atoms with Crippen LogP contribution in [0, 0.1) is 5.92 Å². The molecule has 1 aromatic carbocycles. The number of nitrogens with one attached hydrogen (secondary N) is 1. The standard InChI is InChI=1S/C16H23BrN2/c17-15-7-5-14(6-8-15)16(13-3-1-2-4-13)19-11-9-18-10-12-19/h5-8,13,16,18H,1-4,9-12H2/t16-/m0/s1. The number of nitrogens with zero attached hydrogens (tertiary/aromatic N) is 1. The van der Waals surface area contributed by atoms with E-state index in [0.717, 1.165) is 19.0 Å². The smallest absolute Gasteiger partial charge is 0.0377 e. The molecule has 2 fully saturated rings. The van der Waals surface area contributed by atoms with Gasteiger partial charge in [0.25, 0.3) is 0 Å². The van der Waals surface area contributed by atoms with Crippen LogP contribution in [0.2, 0.25) is 0 Å². The largest absolute Gasteiger partial charge is 0.314 e. The van der Waals surface area contributed by atoms with Crippen LogP contribution in [0.1, 0.15) is 37.3 Å². The number of hydrogen-bond donors (Lipinski definition) is 1. The van der Waals surface area contributed by atoms with Crippen LogP contribution in [0.25, 0.3) is 0 Å². The topological polar surface area (TPSA) is 15.3 Å². The molecule has 1 N–H and O–H groups in total. The van der Waals surface area contributed by atoms with E-state index in [0.29, 0.717) is 6.04 Å². The number of piperazine rings is 1. The Kier molecular flexibility index (Phi) is 4.57. The van der Waals surface area contributed by atoms with E-state index in [-0.39, 0.29) is 0 Å². The number of rotatable bonds is 3. The molecule has 1 heterocycles. The summed E-state index contributed by atoms with van der Waals surface area (Å²) >= 11 is 3.55. The molecule has 3 heteroatoms. The lowest BCUT2D eigenvalue weighted by Crippen LogP contribution is -2.46. The molecule has 0 aromatic heterocycles. The molecule has 0 spiro atoms. The van der Waals surface area contributed by atoms with Gasteiger partial charge in [0.05, 0.1) is 0 Å². The van der Waals surface area contributed by atoms with Gasteiger partial charge in [0.1, 0.15) is 0 Å². The van der Waals surface area contributed by atoms with Crippen LogP contribution >= 0.6 is 15.9 Å². The number of halogens is 1. The minimum absolute atomic E-state index is 0.637. The molecule has 0 bridgehead atoms. The molecule has 1 aliphatic carbocycles. The third-order valence-corrected chi connectivity index (χ3v) is 5.13. The van der Waals surface area contributed by atoms with Crippen LogP contribution < -0.4 is 5.32 Å². The highest BCUT2D eigenvalue weighted by atomic mass is 79.9. The van der Waals surface area contributed by atoms with Crippen LogP contribution in [-0.2, 0) is 0 Å². The summed E-state index contributed by atoms with van der Waals surface area (Å²) in [7, 11) is 0. The number of hydrogen-bond acceptors (Lipinski definition) is 2. The molecule has 19 heavy (non-hydrogen) atoms. The predicted octanol–water partition coefficient (Wildman–Crippen LogP) is 3.59. The van der Waals surface area contributed by atoms with E-state index in [1.165, 1.54) is 48.8 Å². The van der Waals surface area contributed by atoms with Crippen molar-refractivity contribution in [3.63, 3.8) is 0 Å². The summed E-state index contributed by atoms with van der Waals surface area (Å²) in [5.74, 6) is 0.860. The molecule has 1 aromatic rings. The lowest BCUT2D eigenvalue weighted by Gasteiger charge is -2.38. The highest BCUT2D eigenvalue weighted by molar-refractivity contribution is 9.10. The molecule has 0 radical (unpaired) electrons. The van der Waals surface area contributed by atoms with Gasteiger partial charge in [-0.25, -0.2) is 0 Å². The third-order valence-electron chi connectivity index (χ3n) is 4.60. The highest BCUT2D eigenvalue weighted by Gasteiger charge is 2.31. The van der Waals surface area contributed by atoms with Crippen LogP contribution in [0.3, 0.4) is 0 Å². The van der Waals surface area contributed by atoms with E-state index >= 15 is 0 Å². The van der Waals surface area contributed by atoms with Gasteiger partial charge in [0, 0.05) is 36.7 Å². The second-order valence-corrected chi connectivity index (χ2v) is 6.74. The van der Waals surface area contributed by atoms with Crippen molar-refractivity contribution in [2.24, 2.45) is 5.92 Å². The summed E-state index contributed by atoms with van der Waals surface area (Å²) in [6.45, 7) is 4.66. The van der Waals surface area contributed by atoms with Gasteiger partial charge in [-0.05, 0) is 36.5 Å². The quantitative estimate of drug-likeness (QED) is 0.914. The average molecular weight is 323 g/mol. The molecule has 1 saturated heterocycles. The monoisotopic (exact) mass is 322 g/mol. The van der Waals surface area contributed by atoms with Gasteiger partial charge in [-0.3, -0.25) is 4.90 Å². The van der Waals surface area contributed by atoms with Crippen molar-refractivity contribution in [2.45, 2.75) is 31.7 Å². The first-order valence-corrected chi connectivity index (χ1v) is 8.34. The Bertz CT molecular complexity index is 392. The molecule has 1 aliphatic heterocycles. The van der Waals surface area contributed by atoms with Crippen LogP contribution in [-0.4, -0.2) is 31.1 Å². The Balaban J connectivity index is 1.83. The highest BCUT2D eigenvalue weighted by Crippen LogP contribution is 2.39. The van der Waals surface area contributed by atoms with Crippen molar-refractivity contribution in [1.82, 2.24) is 10.2 Å². The van der Waals surface area contributed by atoms with Gasteiger partial charge < -0.3 is 5.32 Å². The Morgan fingerprint density at radius 2 is 1.68 bits per heavy atom. The lowest BCUT2D eigenvalue weighted by molar-refractivity contribution is 0.125. The van der Waals surface area contributed by atoms with Crippen LogP contribution in [0.15, 0.2) is 28.7 Å². The van der Waals surface area contributed by atoms with E-state index in [2.05, 4.69) is 50.4 Å². The van der Waals surface area contributed by atoms with Gasteiger partial charge in [0.15, 0.2) is 0 Å². The molecule has 104 valence electrons. The van der Waals surface area contributed by atoms with Crippen molar-refractivity contribution in [2.75, 3.05) is 26.2 Å². The molecule has 2 nitrogen and oxygen atoms in total. The molecule has 3 rings (SSSR count). The SMILES string of the molecule is Brc1ccc([C@H](C2CCCC2)N2CCNCC2)cc1. The van der Waals surface area contributed by atoms with Crippen molar-refractivity contribution in [3.05, 3.63) is 34.3 Å². The van der Waals surface area contributed by atoms with E-state index in [1.807, 2.05) is 0 Å². The Labute approximate surface area is 124 Å². The summed E-state index contributed by atoms with van der Waals surface area (Å²) in [6.07, 6.45) is 5.66.